The van der Waals surface area contributed by atoms with Crippen LogP contribution in [0.3, 0.4) is 0 Å². The molecule has 1 aromatic carbocycles. The van der Waals surface area contributed by atoms with Gasteiger partial charge in [0.1, 0.15) is 16.5 Å². The predicted octanol–water partition coefficient (Wildman–Crippen LogP) is 3.38. The molecule has 0 saturated heterocycles. The van der Waals surface area contributed by atoms with Crippen molar-refractivity contribution in [1.82, 2.24) is 0 Å². The summed E-state index contributed by atoms with van der Waals surface area (Å²) in [5.41, 5.74) is -0.262. The van der Waals surface area contributed by atoms with Crippen LogP contribution in [0, 0.1) is 21.4 Å². The zero-order valence-corrected chi connectivity index (χ0v) is 11.4. The van der Waals surface area contributed by atoms with Gasteiger partial charge in [-0.15, -0.1) is 11.3 Å². The van der Waals surface area contributed by atoms with Gasteiger partial charge in [-0.3, -0.25) is 10.1 Å². The first-order valence-corrected chi connectivity index (χ1v) is 6.89. The van der Waals surface area contributed by atoms with E-state index >= 15 is 0 Å². The third-order valence-electron chi connectivity index (χ3n) is 2.31. The van der Waals surface area contributed by atoms with Crippen molar-refractivity contribution in [2.45, 2.75) is 9.79 Å². The van der Waals surface area contributed by atoms with Gasteiger partial charge in [0.05, 0.1) is 4.92 Å². The Hall–Kier alpha value is -2.37. The molecule has 0 unspecified atom stereocenters. The van der Waals surface area contributed by atoms with E-state index < -0.39 is 10.9 Å². The van der Waals surface area contributed by atoms with Crippen LogP contribution in [0.4, 0.5) is 5.69 Å². The van der Waals surface area contributed by atoms with Gasteiger partial charge in [-0.2, -0.15) is 5.26 Å². The molecule has 8 heteroatoms. The van der Waals surface area contributed by atoms with Crippen LogP contribution >= 0.6 is 23.1 Å². The molecule has 0 atom stereocenters. The van der Waals surface area contributed by atoms with Crippen molar-refractivity contribution in [2.75, 3.05) is 0 Å². The Bertz CT molecular complexity index is 733. The molecule has 0 aliphatic carbocycles. The van der Waals surface area contributed by atoms with Gasteiger partial charge in [0, 0.05) is 21.2 Å². The Morgan fingerprint density at radius 1 is 1.40 bits per heavy atom. The van der Waals surface area contributed by atoms with Crippen LogP contribution in [0.15, 0.2) is 39.4 Å². The molecule has 0 saturated carbocycles. The summed E-state index contributed by atoms with van der Waals surface area (Å²) in [6, 6.07) is 7.52. The number of hydrogen-bond acceptors (Lipinski definition) is 6. The van der Waals surface area contributed by atoms with E-state index in [4.69, 9.17) is 10.4 Å². The molecule has 20 heavy (non-hydrogen) atoms. The van der Waals surface area contributed by atoms with Gasteiger partial charge in [-0.05, 0) is 18.2 Å². The summed E-state index contributed by atoms with van der Waals surface area (Å²) >= 11 is 2.35. The molecule has 0 bridgehead atoms. The SMILES string of the molecule is N#Cc1cc(Sc2csc(C(=O)O)c2)ccc1[N+](=O)[O-]. The molecular formula is C12H6N2O4S2. The van der Waals surface area contributed by atoms with Gasteiger partial charge < -0.3 is 5.11 Å². The second-order valence-electron chi connectivity index (χ2n) is 3.60. The van der Waals surface area contributed by atoms with Gasteiger partial charge >= 0.3 is 5.97 Å². The molecule has 6 nitrogen and oxygen atoms in total. The van der Waals surface area contributed by atoms with Crippen LogP contribution < -0.4 is 0 Å². The Labute approximate surface area is 121 Å². The molecular weight excluding hydrogens is 300 g/mol. The highest BCUT2D eigenvalue weighted by molar-refractivity contribution is 7.99. The summed E-state index contributed by atoms with van der Waals surface area (Å²) in [6.07, 6.45) is 0. The van der Waals surface area contributed by atoms with Crippen LogP contribution in [-0.4, -0.2) is 16.0 Å². The average molecular weight is 306 g/mol. The number of nitro groups is 1. The number of carboxylic acids is 1. The quantitative estimate of drug-likeness (QED) is 0.686. The second-order valence-corrected chi connectivity index (χ2v) is 5.66. The van der Waals surface area contributed by atoms with Gasteiger partial charge in [-0.25, -0.2) is 4.79 Å². The molecule has 0 spiro atoms. The second kappa shape index (κ2) is 5.73. The molecule has 1 heterocycles. The van der Waals surface area contributed by atoms with Crippen LogP contribution in [0.25, 0.3) is 0 Å². The Balaban J connectivity index is 2.28. The predicted molar refractivity (Wildman–Crippen MR) is 73.2 cm³/mol. The van der Waals surface area contributed by atoms with Gasteiger partial charge in [0.15, 0.2) is 0 Å². The van der Waals surface area contributed by atoms with Crippen molar-refractivity contribution >= 4 is 34.8 Å². The number of hydrogen-bond donors (Lipinski definition) is 1. The number of nitro benzene ring substituents is 1. The number of nitriles is 1. The highest BCUT2D eigenvalue weighted by atomic mass is 32.2. The molecule has 100 valence electrons. The fraction of sp³-hybridized carbons (Fsp3) is 0. The monoisotopic (exact) mass is 306 g/mol. The van der Waals surface area contributed by atoms with Crippen molar-refractivity contribution in [2.24, 2.45) is 0 Å². The van der Waals surface area contributed by atoms with Gasteiger partial charge in [-0.1, -0.05) is 11.8 Å². The standard InChI is InChI=1S/C12H6N2O4S2/c13-5-7-3-8(1-2-10(7)14(17)18)20-9-4-11(12(15)16)19-6-9/h1-4,6H,(H,15,16). The Morgan fingerprint density at radius 2 is 2.15 bits per heavy atom. The van der Waals surface area contributed by atoms with E-state index in [0.29, 0.717) is 9.79 Å². The molecule has 0 fully saturated rings. The first kappa shape index (κ1) is 14.0. The lowest BCUT2D eigenvalue weighted by Crippen LogP contribution is -1.92. The summed E-state index contributed by atoms with van der Waals surface area (Å²) in [5, 5.41) is 30.1. The van der Waals surface area contributed by atoms with E-state index in [9.17, 15) is 14.9 Å². The van der Waals surface area contributed by atoms with Crippen molar-refractivity contribution in [3.05, 3.63) is 50.2 Å². The number of carboxylic acid groups (broad SMARTS) is 1. The van der Waals surface area contributed by atoms with E-state index in [2.05, 4.69) is 0 Å². The first-order valence-electron chi connectivity index (χ1n) is 5.19. The summed E-state index contributed by atoms with van der Waals surface area (Å²) in [4.78, 5) is 22.4. The number of benzene rings is 1. The average Bonchev–Trinajstić information content (AvgIpc) is 2.87. The highest BCUT2D eigenvalue weighted by Crippen LogP contribution is 2.33. The van der Waals surface area contributed by atoms with Gasteiger partial charge in [0.25, 0.3) is 5.69 Å². The van der Waals surface area contributed by atoms with Crippen molar-refractivity contribution < 1.29 is 14.8 Å². The van der Waals surface area contributed by atoms with Crippen molar-refractivity contribution in [3.8, 4) is 6.07 Å². The molecule has 1 N–H and O–H groups in total. The lowest BCUT2D eigenvalue weighted by Gasteiger charge is -2.00. The summed E-state index contributed by atoms with van der Waals surface area (Å²) < 4.78 is 0. The van der Waals surface area contributed by atoms with Gasteiger partial charge in [0.2, 0.25) is 0 Å². The van der Waals surface area contributed by atoms with Crippen LogP contribution in [0.5, 0.6) is 0 Å². The third kappa shape index (κ3) is 2.96. The maximum atomic E-state index is 10.8. The largest absolute Gasteiger partial charge is 0.477 e. The Morgan fingerprint density at radius 3 is 2.70 bits per heavy atom. The van der Waals surface area contributed by atoms with E-state index in [1.54, 1.807) is 11.4 Å². The van der Waals surface area contributed by atoms with Crippen molar-refractivity contribution in [3.63, 3.8) is 0 Å². The minimum Gasteiger partial charge on any atom is -0.477 e. The third-order valence-corrected chi connectivity index (χ3v) is 4.34. The Kier molecular flexibility index (Phi) is 4.02. The smallest absolute Gasteiger partial charge is 0.345 e. The molecule has 0 aliphatic heterocycles. The molecule has 0 radical (unpaired) electrons. The highest BCUT2D eigenvalue weighted by Gasteiger charge is 2.15. The number of nitrogens with zero attached hydrogens (tertiary/aromatic N) is 2. The summed E-state index contributed by atoms with van der Waals surface area (Å²) in [5.74, 6) is -0.997. The van der Waals surface area contributed by atoms with Crippen LogP contribution in [-0.2, 0) is 0 Å². The summed E-state index contributed by atoms with van der Waals surface area (Å²) in [7, 11) is 0. The normalized spacial score (nSPS) is 9.95. The first-order chi connectivity index (χ1) is 9.51. The lowest BCUT2D eigenvalue weighted by atomic mass is 10.2. The topological polar surface area (TPSA) is 104 Å². The molecule has 1 aromatic heterocycles. The zero-order chi connectivity index (χ0) is 14.7. The fourth-order valence-corrected chi connectivity index (χ4v) is 3.23. The van der Waals surface area contributed by atoms with Crippen LogP contribution in [0.1, 0.15) is 15.2 Å². The minimum absolute atomic E-state index is 0.0197. The number of carbonyl (C=O) groups is 1. The number of thiophene rings is 1. The summed E-state index contributed by atoms with van der Waals surface area (Å²) in [6.45, 7) is 0. The van der Waals surface area contributed by atoms with Crippen molar-refractivity contribution in [1.29, 1.82) is 5.26 Å². The van der Waals surface area contributed by atoms with Crippen LogP contribution in [0.2, 0.25) is 0 Å². The molecule has 0 aliphatic rings. The fourth-order valence-electron chi connectivity index (χ4n) is 1.45. The molecule has 0 amide bonds. The molecule has 2 aromatic rings. The number of aromatic carboxylic acids is 1. The minimum atomic E-state index is -0.997. The van der Waals surface area contributed by atoms with E-state index in [0.717, 1.165) is 11.3 Å². The number of rotatable bonds is 4. The maximum absolute atomic E-state index is 10.8. The zero-order valence-electron chi connectivity index (χ0n) is 9.77. The van der Waals surface area contributed by atoms with E-state index in [1.165, 1.54) is 36.0 Å². The van der Waals surface area contributed by atoms with E-state index in [1.807, 2.05) is 0 Å². The molecule has 2 rings (SSSR count). The maximum Gasteiger partial charge on any atom is 0.345 e. The van der Waals surface area contributed by atoms with E-state index in [-0.39, 0.29) is 16.1 Å². The lowest BCUT2D eigenvalue weighted by molar-refractivity contribution is -0.385.